The zero-order chi connectivity index (χ0) is 23.0. The van der Waals surface area contributed by atoms with E-state index in [1.54, 1.807) is 11.1 Å². The van der Waals surface area contributed by atoms with Gasteiger partial charge in [-0.25, -0.2) is 0 Å². The molecule has 6 heteroatoms. The minimum absolute atomic E-state index is 0.0304. The monoisotopic (exact) mass is 443 g/mol. The van der Waals surface area contributed by atoms with Crippen molar-refractivity contribution in [3.8, 4) is 5.75 Å². The highest BCUT2D eigenvalue weighted by molar-refractivity contribution is 5.89. The molecule has 33 heavy (non-hydrogen) atoms. The molecule has 1 aliphatic heterocycles. The first-order valence-electron chi connectivity index (χ1n) is 11.4. The first kappa shape index (κ1) is 22.5. The lowest BCUT2D eigenvalue weighted by atomic mass is 9.99. The van der Waals surface area contributed by atoms with Gasteiger partial charge in [0, 0.05) is 19.2 Å². The van der Waals surface area contributed by atoms with Crippen molar-refractivity contribution >= 4 is 11.8 Å². The number of hydrogen-bond acceptors (Lipinski definition) is 4. The molecule has 170 valence electrons. The van der Waals surface area contributed by atoms with Crippen molar-refractivity contribution < 1.29 is 14.3 Å². The number of nitrogens with zero attached hydrogens (tertiary/aromatic N) is 2. The summed E-state index contributed by atoms with van der Waals surface area (Å²) in [5.74, 6) is 0.566. The van der Waals surface area contributed by atoms with Crippen LogP contribution < -0.4 is 10.1 Å². The van der Waals surface area contributed by atoms with E-state index in [1.165, 1.54) is 0 Å². The number of carbonyl (C=O) groups excluding carboxylic acids is 2. The number of rotatable bonds is 8. The third-order valence-corrected chi connectivity index (χ3v) is 5.87. The van der Waals surface area contributed by atoms with E-state index in [0.29, 0.717) is 25.3 Å². The van der Waals surface area contributed by atoms with Crippen LogP contribution in [0, 0.1) is 0 Å². The van der Waals surface area contributed by atoms with Crippen molar-refractivity contribution in [3.05, 3.63) is 95.8 Å². The van der Waals surface area contributed by atoms with Crippen LogP contribution in [0.5, 0.6) is 5.75 Å². The summed E-state index contributed by atoms with van der Waals surface area (Å²) >= 11 is 0. The maximum atomic E-state index is 13.4. The summed E-state index contributed by atoms with van der Waals surface area (Å²) in [7, 11) is 0. The molecule has 2 heterocycles. The lowest BCUT2D eigenvalue weighted by Crippen LogP contribution is -2.46. The van der Waals surface area contributed by atoms with E-state index in [0.717, 1.165) is 29.7 Å². The topological polar surface area (TPSA) is 71.5 Å². The molecule has 2 atom stereocenters. The summed E-state index contributed by atoms with van der Waals surface area (Å²) in [6.07, 6.45) is 4.01. The van der Waals surface area contributed by atoms with E-state index in [4.69, 9.17) is 4.74 Å². The fourth-order valence-electron chi connectivity index (χ4n) is 4.10. The summed E-state index contributed by atoms with van der Waals surface area (Å²) in [6.45, 7) is 2.91. The van der Waals surface area contributed by atoms with Crippen molar-refractivity contribution in [2.75, 3.05) is 6.54 Å². The summed E-state index contributed by atoms with van der Waals surface area (Å²) < 4.78 is 5.89. The molecule has 2 amide bonds. The number of likely N-dealkylation sites (tertiary alicyclic amines) is 1. The van der Waals surface area contributed by atoms with Gasteiger partial charge in [0.05, 0.1) is 11.7 Å². The van der Waals surface area contributed by atoms with Gasteiger partial charge in [0.15, 0.2) is 0 Å². The second-order valence-corrected chi connectivity index (χ2v) is 8.27. The molecule has 0 spiro atoms. The maximum Gasteiger partial charge on any atom is 0.247 e. The number of nitrogens with one attached hydrogen (secondary N) is 1. The minimum atomic E-state index is -0.634. The van der Waals surface area contributed by atoms with Gasteiger partial charge in [-0.2, -0.15) is 0 Å². The normalized spacial score (nSPS) is 15.5. The first-order chi connectivity index (χ1) is 16.1. The standard InChI is InChI=1S/C27H29N3O3/c1-20(22-12-9-14-24(18-22)33-19-23-13-5-7-16-28-23)29-27(32)26(21-10-3-2-4-11-21)30-17-8-6-15-25(30)31/h2-5,7,9-14,16,18,20,26H,6,8,15,17,19H2,1H3,(H,29,32). The number of carbonyl (C=O) groups is 2. The number of hydrogen-bond donors (Lipinski definition) is 1. The van der Waals surface area contributed by atoms with Gasteiger partial charge < -0.3 is 15.0 Å². The Balaban J connectivity index is 1.47. The summed E-state index contributed by atoms with van der Waals surface area (Å²) in [6, 6.07) is 22.0. The van der Waals surface area contributed by atoms with Gasteiger partial charge in [-0.3, -0.25) is 14.6 Å². The molecule has 4 rings (SSSR count). The van der Waals surface area contributed by atoms with Crippen LogP contribution in [-0.2, 0) is 16.2 Å². The quantitative estimate of drug-likeness (QED) is 0.553. The molecule has 0 aliphatic carbocycles. The molecule has 2 unspecified atom stereocenters. The number of ether oxygens (including phenoxy) is 1. The average molecular weight is 444 g/mol. The number of amides is 2. The zero-order valence-electron chi connectivity index (χ0n) is 18.8. The van der Waals surface area contributed by atoms with Crippen LogP contribution in [0.1, 0.15) is 55.1 Å². The predicted molar refractivity (Wildman–Crippen MR) is 126 cm³/mol. The molecule has 3 aromatic rings. The van der Waals surface area contributed by atoms with Gasteiger partial charge in [-0.15, -0.1) is 0 Å². The Morgan fingerprint density at radius 2 is 1.82 bits per heavy atom. The van der Waals surface area contributed by atoms with E-state index >= 15 is 0 Å². The highest BCUT2D eigenvalue weighted by Gasteiger charge is 2.33. The summed E-state index contributed by atoms with van der Waals surface area (Å²) in [5.41, 5.74) is 2.60. The third-order valence-electron chi connectivity index (χ3n) is 5.87. The van der Waals surface area contributed by atoms with Gasteiger partial charge in [-0.1, -0.05) is 48.5 Å². The molecule has 1 N–H and O–H groups in total. The maximum absolute atomic E-state index is 13.4. The van der Waals surface area contributed by atoms with E-state index < -0.39 is 6.04 Å². The molecule has 0 bridgehead atoms. The van der Waals surface area contributed by atoms with Crippen molar-refractivity contribution in [2.45, 2.75) is 44.9 Å². The number of pyridine rings is 1. The van der Waals surface area contributed by atoms with Gasteiger partial charge >= 0.3 is 0 Å². The fraction of sp³-hybridized carbons (Fsp3) is 0.296. The zero-order valence-corrected chi connectivity index (χ0v) is 18.8. The van der Waals surface area contributed by atoms with E-state index in [2.05, 4.69) is 10.3 Å². The molecule has 2 aromatic carbocycles. The highest BCUT2D eigenvalue weighted by atomic mass is 16.5. The Kier molecular flexibility index (Phi) is 7.35. The predicted octanol–water partition coefficient (Wildman–Crippen LogP) is 4.59. The van der Waals surface area contributed by atoms with Crippen LogP contribution >= 0.6 is 0 Å². The summed E-state index contributed by atoms with van der Waals surface area (Å²) in [5, 5.41) is 3.11. The average Bonchev–Trinajstić information content (AvgIpc) is 2.85. The molecule has 1 saturated heterocycles. The van der Waals surface area contributed by atoms with E-state index in [-0.39, 0.29) is 17.9 Å². The van der Waals surface area contributed by atoms with Crippen LogP contribution in [0.2, 0.25) is 0 Å². The Labute approximate surface area is 194 Å². The number of piperidine rings is 1. The molecule has 0 radical (unpaired) electrons. The molecular weight excluding hydrogens is 414 g/mol. The lowest BCUT2D eigenvalue weighted by Gasteiger charge is -2.34. The van der Waals surface area contributed by atoms with Crippen molar-refractivity contribution in [2.24, 2.45) is 0 Å². The Morgan fingerprint density at radius 1 is 1.03 bits per heavy atom. The Morgan fingerprint density at radius 3 is 2.58 bits per heavy atom. The SMILES string of the molecule is CC(NC(=O)C(c1ccccc1)N1CCCCC1=O)c1cccc(OCc2ccccn2)c1. The molecular formula is C27H29N3O3. The van der Waals surface area contributed by atoms with Gasteiger partial charge in [-0.05, 0) is 55.2 Å². The van der Waals surface area contributed by atoms with E-state index in [1.807, 2.05) is 79.7 Å². The molecule has 1 aromatic heterocycles. The molecule has 1 fully saturated rings. The third kappa shape index (κ3) is 5.77. The Hall–Kier alpha value is -3.67. The van der Waals surface area contributed by atoms with Crippen LogP contribution in [0.4, 0.5) is 0 Å². The second-order valence-electron chi connectivity index (χ2n) is 8.27. The fourth-order valence-corrected chi connectivity index (χ4v) is 4.10. The van der Waals surface area contributed by atoms with Crippen LogP contribution in [0.15, 0.2) is 79.0 Å². The van der Waals surface area contributed by atoms with E-state index in [9.17, 15) is 9.59 Å². The van der Waals surface area contributed by atoms with Gasteiger partial charge in [0.2, 0.25) is 11.8 Å². The minimum Gasteiger partial charge on any atom is -0.487 e. The molecule has 0 saturated carbocycles. The van der Waals surface area contributed by atoms with Crippen molar-refractivity contribution in [1.29, 1.82) is 0 Å². The van der Waals surface area contributed by atoms with Crippen molar-refractivity contribution in [3.63, 3.8) is 0 Å². The Bertz CT molecular complexity index is 1070. The van der Waals surface area contributed by atoms with Gasteiger partial charge in [0.1, 0.15) is 18.4 Å². The smallest absolute Gasteiger partial charge is 0.247 e. The van der Waals surface area contributed by atoms with Crippen LogP contribution in [0.3, 0.4) is 0 Å². The lowest BCUT2D eigenvalue weighted by molar-refractivity contribution is -0.143. The number of benzene rings is 2. The van der Waals surface area contributed by atoms with Crippen LogP contribution in [0.25, 0.3) is 0 Å². The molecule has 6 nitrogen and oxygen atoms in total. The highest BCUT2D eigenvalue weighted by Crippen LogP contribution is 2.27. The molecule has 1 aliphatic rings. The second kappa shape index (κ2) is 10.8. The largest absolute Gasteiger partial charge is 0.487 e. The van der Waals surface area contributed by atoms with Crippen molar-refractivity contribution in [1.82, 2.24) is 15.2 Å². The number of aromatic nitrogens is 1. The first-order valence-corrected chi connectivity index (χ1v) is 11.4. The summed E-state index contributed by atoms with van der Waals surface area (Å²) in [4.78, 5) is 32.0. The van der Waals surface area contributed by atoms with Gasteiger partial charge in [0.25, 0.3) is 0 Å². The van der Waals surface area contributed by atoms with Crippen LogP contribution in [-0.4, -0.2) is 28.2 Å².